The van der Waals surface area contributed by atoms with Crippen LogP contribution >= 0.6 is 15.9 Å². The van der Waals surface area contributed by atoms with Crippen LogP contribution in [0.3, 0.4) is 0 Å². The molecule has 0 atom stereocenters. The second-order valence-corrected chi connectivity index (χ2v) is 5.26. The van der Waals surface area contributed by atoms with E-state index in [4.69, 9.17) is 0 Å². The van der Waals surface area contributed by atoms with E-state index in [-0.39, 0.29) is 5.91 Å². The molecule has 0 saturated carbocycles. The van der Waals surface area contributed by atoms with Crippen molar-refractivity contribution in [2.45, 2.75) is 13.8 Å². The summed E-state index contributed by atoms with van der Waals surface area (Å²) in [7, 11) is 0. The molecule has 0 spiro atoms. The first-order valence-electron chi connectivity index (χ1n) is 5.81. The third-order valence-corrected chi connectivity index (χ3v) is 3.45. The van der Waals surface area contributed by atoms with Gasteiger partial charge in [0.2, 0.25) is 0 Å². The Morgan fingerprint density at radius 1 is 1.16 bits per heavy atom. The quantitative estimate of drug-likeness (QED) is 0.869. The molecule has 2 nitrogen and oxygen atoms in total. The lowest BCUT2D eigenvalue weighted by Crippen LogP contribution is -2.13. The Hall–Kier alpha value is -1.68. The molecule has 4 heteroatoms. The van der Waals surface area contributed by atoms with Crippen LogP contribution in [0.2, 0.25) is 0 Å². The summed E-state index contributed by atoms with van der Waals surface area (Å²) >= 11 is 3.07. The van der Waals surface area contributed by atoms with Gasteiger partial charge >= 0.3 is 0 Å². The fraction of sp³-hybridized carbons (Fsp3) is 0.133. The van der Waals surface area contributed by atoms with Gasteiger partial charge in [-0.15, -0.1) is 0 Å². The van der Waals surface area contributed by atoms with Crippen LogP contribution in [0.4, 0.5) is 10.1 Å². The van der Waals surface area contributed by atoms with Gasteiger partial charge in [-0.1, -0.05) is 17.7 Å². The minimum atomic E-state index is -0.404. The molecule has 0 radical (unpaired) electrons. The van der Waals surface area contributed by atoms with Crippen LogP contribution in [0.5, 0.6) is 0 Å². The molecule has 0 aromatic heterocycles. The van der Waals surface area contributed by atoms with Crippen molar-refractivity contribution in [2.75, 3.05) is 5.32 Å². The van der Waals surface area contributed by atoms with E-state index in [0.29, 0.717) is 15.7 Å². The molecule has 1 amide bonds. The largest absolute Gasteiger partial charge is 0.322 e. The molecule has 0 aliphatic heterocycles. The standard InChI is InChI=1S/C15H13BrFNO/c1-9-3-5-12(10(2)7-9)15(19)18-11-4-6-13(16)14(17)8-11/h3-8H,1-2H3,(H,18,19). The zero-order valence-corrected chi connectivity index (χ0v) is 12.2. The van der Waals surface area contributed by atoms with Crippen LogP contribution in [0.15, 0.2) is 40.9 Å². The van der Waals surface area contributed by atoms with E-state index in [1.54, 1.807) is 18.2 Å². The van der Waals surface area contributed by atoms with Crippen LogP contribution in [0.1, 0.15) is 21.5 Å². The summed E-state index contributed by atoms with van der Waals surface area (Å²) in [5.74, 6) is -0.641. The molecule has 1 N–H and O–H groups in total. The van der Waals surface area contributed by atoms with Gasteiger partial charge in [-0.3, -0.25) is 4.79 Å². The van der Waals surface area contributed by atoms with Gasteiger partial charge in [0.15, 0.2) is 0 Å². The summed E-state index contributed by atoms with van der Waals surface area (Å²) < 4.78 is 13.7. The Morgan fingerprint density at radius 2 is 1.89 bits per heavy atom. The highest BCUT2D eigenvalue weighted by molar-refractivity contribution is 9.10. The number of anilines is 1. The highest BCUT2D eigenvalue weighted by atomic mass is 79.9. The normalized spacial score (nSPS) is 10.3. The SMILES string of the molecule is Cc1ccc(C(=O)Nc2ccc(Br)c(F)c2)c(C)c1. The van der Waals surface area contributed by atoms with Crippen molar-refractivity contribution in [1.82, 2.24) is 0 Å². The maximum Gasteiger partial charge on any atom is 0.255 e. The molecule has 2 rings (SSSR count). The van der Waals surface area contributed by atoms with E-state index < -0.39 is 5.82 Å². The van der Waals surface area contributed by atoms with Crippen molar-refractivity contribution < 1.29 is 9.18 Å². The third-order valence-electron chi connectivity index (χ3n) is 2.80. The summed E-state index contributed by atoms with van der Waals surface area (Å²) in [5.41, 5.74) is 3.03. The average Bonchev–Trinajstić information content (AvgIpc) is 2.33. The molecule has 0 aliphatic rings. The van der Waals surface area contributed by atoms with Crippen LogP contribution in [0, 0.1) is 19.7 Å². The molecule has 0 unspecified atom stereocenters. The average molecular weight is 322 g/mol. The number of hydrogen-bond donors (Lipinski definition) is 1. The van der Waals surface area contributed by atoms with E-state index in [1.165, 1.54) is 6.07 Å². The van der Waals surface area contributed by atoms with Crippen molar-refractivity contribution in [3.63, 3.8) is 0 Å². The second-order valence-electron chi connectivity index (χ2n) is 4.40. The molecule has 0 saturated heterocycles. The van der Waals surface area contributed by atoms with Crippen molar-refractivity contribution in [3.05, 3.63) is 63.4 Å². The number of rotatable bonds is 2. The predicted molar refractivity (Wildman–Crippen MR) is 78.0 cm³/mol. The summed E-state index contributed by atoms with van der Waals surface area (Å²) in [6, 6.07) is 10.1. The predicted octanol–water partition coefficient (Wildman–Crippen LogP) is 4.46. The number of amides is 1. The number of halogens is 2. The number of hydrogen-bond acceptors (Lipinski definition) is 1. The Kier molecular flexibility index (Phi) is 4.00. The van der Waals surface area contributed by atoms with E-state index in [0.717, 1.165) is 11.1 Å². The number of benzene rings is 2. The Labute approximate surface area is 119 Å². The van der Waals surface area contributed by atoms with Crippen molar-refractivity contribution >= 4 is 27.5 Å². The zero-order chi connectivity index (χ0) is 14.0. The number of carbonyl (C=O) groups excluding carboxylic acids is 1. The van der Waals surface area contributed by atoms with Gasteiger partial charge in [-0.05, 0) is 59.6 Å². The van der Waals surface area contributed by atoms with E-state index in [9.17, 15) is 9.18 Å². The van der Waals surface area contributed by atoms with Crippen molar-refractivity contribution in [2.24, 2.45) is 0 Å². The first-order chi connectivity index (χ1) is 8.97. The van der Waals surface area contributed by atoms with Gasteiger partial charge in [-0.25, -0.2) is 4.39 Å². The van der Waals surface area contributed by atoms with Gasteiger partial charge in [0.05, 0.1) is 4.47 Å². The molecule has 98 valence electrons. The van der Waals surface area contributed by atoms with Crippen LogP contribution in [-0.4, -0.2) is 5.91 Å². The number of carbonyl (C=O) groups is 1. The van der Waals surface area contributed by atoms with Gasteiger partial charge in [0.1, 0.15) is 5.82 Å². The van der Waals surface area contributed by atoms with Gasteiger partial charge in [0.25, 0.3) is 5.91 Å². The van der Waals surface area contributed by atoms with E-state index in [1.807, 2.05) is 26.0 Å². The molecule has 0 aliphatic carbocycles. The molecule has 2 aromatic carbocycles. The highest BCUT2D eigenvalue weighted by Gasteiger charge is 2.10. The Morgan fingerprint density at radius 3 is 2.53 bits per heavy atom. The maximum absolute atomic E-state index is 13.4. The third kappa shape index (κ3) is 3.20. The number of aryl methyl sites for hydroxylation is 2. The first kappa shape index (κ1) is 13.7. The smallest absolute Gasteiger partial charge is 0.255 e. The van der Waals surface area contributed by atoms with Gasteiger partial charge in [-0.2, -0.15) is 0 Å². The monoisotopic (exact) mass is 321 g/mol. The van der Waals surface area contributed by atoms with E-state index in [2.05, 4.69) is 21.2 Å². The molecule has 19 heavy (non-hydrogen) atoms. The van der Waals surface area contributed by atoms with Crippen molar-refractivity contribution in [3.8, 4) is 0 Å². The molecule has 2 aromatic rings. The molecular formula is C15H13BrFNO. The minimum Gasteiger partial charge on any atom is -0.322 e. The second kappa shape index (κ2) is 5.53. The van der Waals surface area contributed by atoms with Crippen LogP contribution in [0.25, 0.3) is 0 Å². The minimum absolute atomic E-state index is 0.237. The summed E-state index contributed by atoms with van der Waals surface area (Å²) in [6.45, 7) is 3.85. The van der Waals surface area contributed by atoms with Crippen molar-refractivity contribution in [1.29, 1.82) is 0 Å². The molecule has 0 heterocycles. The molecule has 0 bridgehead atoms. The fourth-order valence-electron chi connectivity index (χ4n) is 1.84. The highest BCUT2D eigenvalue weighted by Crippen LogP contribution is 2.20. The Bertz CT molecular complexity index is 640. The summed E-state index contributed by atoms with van der Waals surface area (Å²) in [6.07, 6.45) is 0. The topological polar surface area (TPSA) is 29.1 Å². The lowest BCUT2D eigenvalue weighted by molar-refractivity contribution is 0.102. The van der Waals surface area contributed by atoms with Gasteiger partial charge < -0.3 is 5.32 Å². The number of nitrogens with one attached hydrogen (secondary N) is 1. The lowest BCUT2D eigenvalue weighted by atomic mass is 10.1. The van der Waals surface area contributed by atoms with E-state index >= 15 is 0 Å². The lowest BCUT2D eigenvalue weighted by Gasteiger charge is -2.09. The fourth-order valence-corrected chi connectivity index (χ4v) is 2.09. The zero-order valence-electron chi connectivity index (χ0n) is 10.6. The van der Waals surface area contributed by atoms with Crippen LogP contribution in [-0.2, 0) is 0 Å². The van der Waals surface area contributed by atoms with Crippen LogP contribution < -0.4 is 5.32 Å². The summed E-state index contributed by atoms with van der Waals surface area (Å²) in [4.78, 5) is 12.1. The maximum atomic E-state index is 13.4. The first-order valence-corrected chi connectivity index (χ1v) is 6.60. The Balaban J connectivity index is 2.23. The molecular weight excluding hydrogens is 309 g/mol. The summed E-state index contributed by atoms with van der Waals surface area (Å²) in [5, 5.41) is 2.69. The van der Waals surface area contributed by atoms with Gasteiger partial charge in [0, 0.05) is 11.3 Å². The molecule has 0 fully saturated rings.